The van der Waals surface area contributed by atoms with Crippen LogP contribution in [0.4, 0.5) is 5.69 Å². The lowest BCUT2D eigenvalue weighted by atomic mass is 10.1. The van der Waals surface area contributed by atoms with Crippen molar-refractivity contribution in [1.29, 1.82) is 0 Å². The number of carbonyl (C=O) groups excluding carboxylic acids is 3. The Morgan fingerprint density at radius 3 is 2.44 bits per heavy atom. The predicted molar refractivity (Wildman–Crippen MR) is 126 cm³/mol. The van der Waals surface area contributed by atoms with Gasteiger partial charge in [-0.15, -0.1) is 11.8 Å². The molecule has 3 aromatic carbocycles. The Bertz CT molecular complexity index is 1140. The van der Waals surface area contributed by atoms with Crippen molar-refractivity contribution in [1.82, 2.24) is 4.90 Å². The van der Waals surface area contributed by atoms with Crippen LogP contribution in [0.3, 0.4) is 0 Å². The lowest BCUT2D eigenvalue weighted by Gasteiger charge is -2.15. The predicted octanol–water partition coefficient (Wildman–Crippen LogP) is 4.35. The molecule has 32 heavy (non-hydrogen) atoms. The quantitative estimate of drug-likeness (QED) is 0.430. The van der Waals surface area contributed by atoms with Crippen LogP contribution in [-0.2, 0) is 14.3 Å². The molecule has 1 fully saturated rings. The molecule has 2 amide bonds. The van der Waals surface area contributed by atoms with E-state index < -0.39 is 18.5 Å². The molecule has 3 aromatic rings. The van der Waals surface area contributed by atoms with Gasteiger partial charge < -0.3 is 15.0 Å². The van der Waals surface area contributed by atoms with Crippen molar-refractivity contribution in [3.63, 3.8) is 0 Å². The number of hydrogen-bond donors (Lipinski definition) is 1. The molecule has 0 spiro atoms. The Morgan fingerprint density at radius 1 is 0.906 bits per heavy atom. The fourth-order valence-electron chi connectivity index (χ4n) is 3.63. The number of thioether (sulfide) groups is 1. The van der Waals surface area contributed by atoms with E-state index >= 15 is 0 Å². The number of benzene rings is 3. The van der Waals surface area contributed by atoms with Gasteiger partial charge in [-0.25, -0.2) is 4.79 Å². The number of anilines is 1. The Labute approximate surface area is 190 Å². The highest BCUT2D eigenvalue weighted by molar-refractivity contribution is 8.00. The second-order valence-corrected chi connectivity index (χ2v) is 8.58. The van der Waals surface area contributed by atoms with Gasteiger partial charge in [0.2, 0.25) is 5.91 Å². The van der Waals surface area contributed by atoms with Crippen LogP contribution in [0.1, 0.15) is 23.2 Å². The van der Waals surface area contributed by atoms with Crippen molar-refractivity contribution in [2.24, 2.45) is 0 Å². The van der Waals surface area contributed by atoms with E-state index in [9.17, 15) is 14.4 Å². The summed E-state index contributed by atoms with van der Waals surface area (Å²) in [5, 5.41) is 4.84. The van der Waals surface area contributed by atoms with Gasteiger partial charge in [0.25, 0.3) is 5.91 Å². The first kappa shape index (κ1) is 21.9. The van der Waals surface area contributed by atoms with Gasteiger partial charge >= 0.3 is 5.97 Å². The maximum Gasteiger partial charge on any atom is 0.339 e. The molecular weight excluding hydrogens is 424 g/mol. The molecule has 0 bridgehead atoms. The summed E-state index contributed by atoms with van der Waals surface area (Å²) in [6.45, 7) is 1.21. The topological polar surface area (TPSA) is 75.7 Å². The summed E-state index contributed by atoms with van der Waals surface area (Å²) in [5.41, 5.74) is 0.992. The zero-order valence-electron chi connectivity index (χ0n) is 17.6. The van der Waals surface area contributed by atoms with Crippen molar-refractivity contribution >= 4 is 46.0 Å². The van der Waals surface area contributed by atoms with Crippen LogP contribution in [0.5, 0.6) is 0 Å². The summed E-state index contributed by atoms with van der Waals surface area (Å²) in [5.74, 6) is -0.656. The first-order valence-corrected chi connectivity index (χ1v) is 11.5. The van der Waals surface area contributed by atoms with E-state index in [0.717, 1.165) is 36.7 Å². The molecule has 0 radical (unpaired) electrons. The molecule has 0 atom stereocenters. The van der Waals surface area contributed by atoms with Gasteiger partial charge in [-0.2, -0.15) is 0 Å². The number of nitrogens with one attached hydrogen (secondary N) is 1. The number of nitrogens with zero attached hydrogens (tertiary/aromatic N) is 1. The van der Waals surface area contributed by atoms with E-state index in [4.69, 9.17) is 4.74 Å². The van der Waals surface area contributed by atoms with E-state index in [1.54, 1.807) is 18.2 Å². The van der Waals surface area contributed by atoms with Crippen molar-refractivity contribution in [3.8, 4) is 0 Å². The normalized spacial score (nSPS) is 13.2. The minimum absolute atomic E-state index is 0.0745. The number of amides is 2. The SMILES string of the molecule is O=C(COC(=O)c1ccccc1SCC(=O)N1CCCC1)Nc1ccc2ccccc2c1. The lowest BCUT2D eigenvalue weighted by molar-refractivity contribution is -0.127. The molecule has 1 N–H and O–H groups in total. The van der Waals surface area contributed by atoms with Crippen molar-refractivity contribution in [2.45, 2.75) is 17.7 Å². The number of likely N-dealkylation sites (tertiary alicyclic amines) is 1. The molecule has 1 heterocycles. The summed E-state index contributed by atoms with van der Waals surface area (Å²) < 4.78 is 5.24. The minimum Gasteiger partial charge on any atom is -0.452 e. The summed E-state index contributed by atoms with van der Waals surface area (Å²) in [6, 6.07) is 20.4. The molecule has 1 aliphatic heterocycles. The number of rotatable bonds is 7. The van der Waals surface area contributed by atoms with Gasteiger partial charge in [-0.05, 0) is 47.9 Å². The standard InChI is InChI=1S/C25H24N2O4S/c28-23(26-20-12-11-18-7-1-2-8-19(18)15-20)16-31-25(30)21-9-3-4-10-22(21)32-17-24(29)27-13-5-6-14-27/h1-4,7-12,15H,5-6,13-14,16-17H2,(H,26,28). The molecule has 164 valence electrons. The Morgan fingerprint density at radius 2 is 1.62 bits per heavy atom. The average molecular weight is 449 g/mol. The largest absolute Gasteiger partial charge is 0.452 e. The molecule has 0 saturated carbocycles. The maximum absolute atomic E-state index is 12.6. The van der Waals surface area contributed by atoms with Crippen LogP contribution in [0.25, 0.3) is 10.8 Å². The van der Waals surface area contributed by atoms with Crippen molar-refractivity contribution < 1.29 is 19.1 Å². The number of ether oxygens (including phenoxy) is 1. The van der Waals surface area contributed by atoms with Gasteiger partial charge in [0.15, 0.2) is 6.61 Å². The number of esters is 1. The van der Waals surface area contributed by atoms with Crippen molar-refractivity contribution in [3.05, 3.63) is 72.3 Å². The molecule has 0 aliphatic carbocycles. The van der Waals surface area contributed by atoms with E-state index in [2.05, 4.69) is 5.32 Å². The van der Waals surface area contributed by atoms with Crippen LogP contribution in [-0.4, -0.2) is 48.1 Å². The van der Waals surface area contributed by atoms with Gasteiger partial charge in [0.05, 0.1) is 11.3 Å². The van der Waals surface area contributed by atoms with E-state index in [1.165, 1.54) is 11.8 Å². The maximum atomic E-state index is 12.6. The van der Waals surface area contributed by atoms with Gasteiger partial charge in [0, 0.05) is 23.7 Å². The monoisotopic (exact) mass is 448 g/mol. The summed E-state index contributed by atoms with van der Waals surface area (Å²) in [6.07, 6.45) is 2.08. The van der Waals surface area contributed by atoms with Gasteiger partial charge in [-0.1, -0.05) is 42.5 Å². The van der Waals surface area contributed by atoms with Gasteiger partial charge in [-0.3, -0.25) is 9.59 Å². The van der Waals surface area contributed by atoms with Crippen LogP contribution in [0.15, 0.2) is 71.6 Å². The first-order valence-electron chi connectivity index (χ1n) is 10.6. The molecule has 1 saturated heterocycles. The third kappa shape index (κ3) is 5.48. The highest BCUT2D eigenvalue weighted by Gasteiger charge is 2.20. The Hall–Kier alpha value is -3.32. The molecule has 0 unspecified atom stereocenters. The zero-order chi connectivity index (χ0) is 22.3. The minimum atomic E-state index is -0.588. The second kappa shape index (κ2) is 10.3. The number of hydrogen-bond acceptors (Lipinski definition) is 5. The summed E-state index contributed by atoms with van der Waals surface area (Å²) in [4.78, 5) is 39.7. The van der Waals surface area contributed by atoms with Gasteiger partial charge in [0.1, 0.15) is 0 Å². The fourth-order valence-corrected chi connectivity index (χ4v) is 4.57. The van der Waals surface area contributed by atoms with Crippen LogP contribution < -0.4 is 5.32 Å². The third-order valence-corrected chi connectivity index (χ3v) is 6.34. The highest BCUT2D eigenvalue weighted by atomic mass is 32.2. The third-order valence-electron chi connectivity index (χ3n) is 5.28. The molecule has 7 heteroatoms. The molecule has 1 aliphatic rings. The van der Waals surface area contributed by atoms with Crippen LogP contribution >= 0.6 is 11.8 Å². The molecular formula is C25H24N2O4S. The highest BCUT2D eigenvalue weighted by Crippen LogP contribution is 2.24. The van der Waals surface area contributed by atoms with E-state index in [1.807, 2.05) is 53.4 Å². The Kier molecular flexibility index (Phi) is 7.07. The number of carbonyl (C=O) groups is 3. The molecule has 6 nitrogen and oxygen atoms in total. The first-order chi connectivity index (χ1) is 15.6. The molecule has 4 rings (SSSR count). The van der Waals surface area contributed by atoms with Crippen LogP contribution in [0, 0.1) is 0 Å². The fraction of sp³-hybridized carbons (Fsp3) is 0.240. The Balaban J connectivity index is 1.32. The van der Waals surface area contributed by atoms with Crippen LogP contribution in [0.2, 0.25) is 0 Å². The average Bonchev–Trinajstić information content (AvgIpc) is 3.36. The number of fused-ring (bicyclic) bond motifs is 1. The zero-order valence-corrected chi connectivity index (χ0v) is 18.4. The molecule has 0 aromatic heterocycles. The second-order valence-electron chi connectivity index (χ2n) is 7.56. The smallest absolute Gasteiger partial charge is 0.339 e. The van der Waals surface area contributed by atoms with E-state index in [-0.39, 0.29) is 11.7 Å². The summed E-state index contributed by atoms with van der Waals surface area (Å²) >= 11 is 1.32. The summed E-state index contributed by atoms with van der Waals surface area (Å²) in [7, 11) is 0. The lowest BCUT2D eigenvalue weighted by Crippen LogP contribution is -2.29. The van der Waals surface area contributed by atoms with E-state index in [0.29, 0.717) is 16.1 Å². The van der Waals surface area contributed by atoms with Crippen molar-refractivity contribution in [2.75, 3.05) is 30.8 Å².